The minimum atomic E-state index is 0.578. The van der Waals surface area contributed by atoms with Crippen LogP contribution in [-0.2, 0) is 0 Å². The lowest BCUT2D eigenvalue weighted by Crippen LogP contribution is -2.39. The van der Waals surface area contributed by atoms with Crippen molar-refractivity contribution in [2.75, 3.05) is 45.9 Å². The van der Waals surface area contributed by atoms with Crippen LogP contribution in [0.2, 0.25) is 0 Å². The van der Waals surface area contributed by atoms with E-state index in [4.69, 9.17) is 9.47 Å². The van der Waals surface area contributed by atoms with Gasteiger partial charge in [0.25, 0.3) is 0 Å². The Morgan fingerprint density at radius 1 is 1.09 bits per heavy atom. The molecule has 3 rings (SSSR count). The first-order valence-corrected chi connectivity index (χ1v) is 8.59. The maximum Gasteiger partial charge on any atom is 0.161 e. The fourth-order valence-electron chi connectivity index (χ4n) is 3.71. The van der Waals surface area contributed by atoms with Crippen LogP contribution in [0, 0.1) is 5.41 Å². The van der Waals surface area contributed by atoms with E-state index in [0.29, 0.717) is 12.0 Å². The van der Waals surface area contributed by atoms with Crippen molar-refractivity contribution in [3.05, 3.63) is 24.3 Å². The third kappa shape index (κ3) is 3.73. The Hall–Kier alpha value is -1.26. The van der Waals surface area contributed by atoms with Crippen LogP contribution in [0.1, 0.15) is 26.2 Å². The Kier molecular flexibility index (Phi) is 5.21. The Labute approximate surface area is 133 Å². The molecule has 0 atom stereocenters. The summed E-state index contributed by atoms with van der Waals surface area (Å²) in [6.07, 6.45) is 4.01. The maximum absolute atomic E-state index is 5.95. The monoisotopic (exact) mass is 304 g/mol. The van der Waals surface area contributed by atoms with E-state index >= 15 is 0 Å². The number of nitrogens with zero attached hydrogens (tertiary/aromatic N) is 1. The Balaban J connectivity index is 1.46. The van der Waals surface area contributed by atoms with E-state index in [-0.39, 0.29) is 0 Å². The Bertz CT molecular complexity index is 472. The van der Waals surface area contributed by atoms with Crippen LogP contribution in [-0.4, -0.2) is 50.8 Å². The van der Waals surface area contributed by atoms with Gasteiger partial charge in [0, 0.05) is 13.1 Å². The first-order chi connectivity index (χ1) is 10.8. The number of para-hydroxylation sites is 2. The molecule has 4 nitrogen and oxygen atoms in total. The normalized spacial score (nSPS) is 21.1. The molecule has 22 heavy (non-hydrogen) atoms. The highest BCUT2D eigenvalue weighted by Crippen LogP contribution is 2.38. The molecule has 1 aromatic rings. The second-order valence-electron chi connectivity index (χ2n) is 6.50. The first kappa shape index (κ1) is 15.6. The molecule has 2 saturated heterocycles. The van der Waals surface area contributed by atoms with Gasteiger partial charge in [-0.15, -0.1) is 0 Å². The molecule has 0 amide bonds. The zero-order valence-electron chi connectivity index (χ0n) is 13.6. The number of hydrogen-bond donors (Lipinski definition) is 1. The number of rotatable bonds is 6. The quantitative estimate of drug-likeness (QED) is 0.876. The van der Waals surface area contributed by atoms with Crippen LogP contribution in [0.4, 0.5) is 0 Å². The molecule has 1 spiro atoms. The van der Waals surface area contributed by atoms with E-state index in [1.54, 1.807) is 0 Å². The minimum Gasteiger partial charge on any atom is -0.490 e. The molecule has 0 aromatic heterocycles. The van der Waals surface area contributed by atoms with Crippen molar-refractivity contribution in [1.29, 1.82) is 0 Å². The molecule has 2 fully saturated rings. The van der Waals surface area contributed by atoms with Crippen LogP contribution in [0.5, 0.6) is 11.5 Å². The molecular formula is C18H28N2O2. The van der Waals surface area contributed by atoms with Gasteiger partial charge in [0.2, 0.25) is 0 Å². The largest absolute Gasteiger partial charge is 0.490 e. The van der Waals surface area contributed by atoms with E-state index in [9.17, 15) is 0 Å². The number of nitrogens with one attached hydrogen (secondary N) is 1. The van der Waals surface area contributed by atoms with E-state index in [1.165, 1.54) is 45.4 Å². The molecule has 4 heteroatoms. The second kappa shape index (κ2) is 7.34. The van der Waals surface area contributed by atoms with Crippen molar-refractivity contribution < 1.29 is 9.47 Å². The smallest absolute Gasteiger partial charge is 0.161 e. The SMILES string of the molecule is CCOc1ccccc1OCCN1CCC2(CCNCC2)C1. The topological polar surface area (TPSA) is 33.7 Å². The summed E-state index contributed by atoms with van der Waals surface area (Å²) in [6, 6.07) is 7.94. The molecule has 2 heterocycles. The van der Waals surface area contributed by atoms with Crippen molar-refractivity contribution in [3.8, 4) is 11.5 Å². The van der Waals surface area contributed by atoms with Gasteiger partial charge >= 0.3 is 0 Å². The summed E-state index contributed by atoms with van der Waals surface area (Å²) in [6.45, 7) is 9.25. The molecule has 0 radical (unpaired) electrons. The van der Waals surface area contributed by atoms with Gasteiger partial charge in [-0.2, -0.15) is 0 Å². The van der Waals surface area contributed by atoms with Crippen LogP contribution in [0.3, 0.4) is 0 Å². The minimum absolute atomic E-state index is 0.578. The van der Waals surface area contributed by atoms with Gasteiger partial charge in [0.1, 0.15) is 6.61 Å². The molecule has 122 valence electrons. The Morgan fingerprint density at radius 3 is 2.55 bits per heavy atom. The number of likely N-dealkylation sites (tertiary alicyclic amines) is 1. The van der Waals surface area contributed by atoms with Crippen molar-refractivity contribution in [2.45, 2.75) is 26.2 Å². The van der Waals surface area contributed by atoms with Crippen molar-refractivity contribution in [2.24, 2.45) is 5.41 Å². The molecule has 1 N–H and O–H groups in total. The van der Waals surface area contributed by atoms with Crippen molar-refractivity contribution in [1.82, 2.24) is 10.2 Å². The van der Waals surface area contributed by atoms with E-state index in [0.717, 1.165) is 24.7 Å². The number of hydrogen-bond acceptors (Lipinski definition) is 4. The molecular weight excluding hydrogens is 276 g/mol. The molecule has 0 aliphatic carbocycles. The number of ether oxygens (including phenoxy) is 2. The van der Waals surface area contributed by atoms with Crippen molar-refractivity contribution >= 4 is 0 Å². The van der Waals surface area contributed by atoms with Crippen LogP contribution in [0.25, 0.3) is 0 Å². The number of benzene rings is 1. The predicted octanol–water partition coefficient (Wildman–Crippen LogP) is 2.54. The van der Waals surface area contributed by atoms with Gasteiger partial charge in [-0.25, -0.2) is 0 Å². The molecule has 0 unspecified atom stereocenters. The lowest BCUT2D eigenvalue weighted by atomic mass is 9.78. The maximum atomic E-state index is 5.95. The van der Waals surface area contributed by atoms with E-state index in [1.807, 2.05) is 31.2 Å². The third-order valence-corrected chi connectivity index (χ3v) is 5.00. The molecule has 0 bridgehead atoms. The van der Waals surface area contributed by atoms with Gasteiger partial charge in [-0.1, -0.05) is 12.1 Å². The summed E-state index contributed by atoms with van der Waals surface area (Å²) >= 11 is 0. The summed E-state index contributed by atoms with van der Waals surface area (Å²) < 4.78 is 11.6. The zero-order chi connectivity index (χ0) is 15.3. The molecule has 1 aromatic carbocycles. The second-order valence-corrected chi connectivity index (χ2v) is 6.50. The standard InChI is InChI=1S/C18H28N2O2/c1-2-21-16-5-3-4-6-17(16)22-14-13-20-12-9-18(15-20)7-10-19-11-8-18/h3-6,19H,2,7-15H2,1H3. The molecule has 2 aliphatic heterocycles. The highest BCUT2D eigenvalue weighted by Gasteiger charge is 2.38. The van der Waals surface area contributed by atoms with Crippen molar-refractivity contribution in [3.63, 3.8) is 0 Å². The average molecular weight is 304 g/mol. The molecule has 0 saturated carbocycles. The fourth-order valence-corrected chi connectivity index (χ4v) is 3.71. The zero-order valence-corrected chi connectivity index (χ0v) is 13.6. The van der Waals surface area contributed by atoms with E-state index < -0.39 is 0 Å². The van der Waals surface area contributed by atoms with Gasteiger partial charge < -0.3 is 14.8 Å². The number of piperidine rings is 1. The first-order valence-electron chi connectivity index (χ1n) is 8.59. The highest BCUT2D eigenvalue weighted by atomic mass is 16.5. The summed E-state index contributed by atoms with van der Waals surface area (Å²) in [7, 11) is 0. The summed E-state index contributed by atoms with van der Waals surface area (Å²) in [5, 5.41) is 3.48. The molecule has 2 aliphatic rings. The summed E-state index contributed by atoms with van der Waals surface area (Å²) in [5.41, 5.74) is 0.578. The van der Waals surface area contributed by atoms with Gasteiger partial charge in [0.05, 0.1) is 6.61 Å². The lowest BCUT2D eigenvalue weighted by Gasteiger charge is -2.33. The lowest BCUT2D eigenvalue weighted by molar-refractivity contribution is 0.178. The Morgan fingerprint density at radius 2 is 1.82 bits per heavy atom. The third-order valence-electron chi connectivity index (χ3n) is 5.00. The van der Waals surface area contributed by atoms with E-state index in [2.05, 4.69) is 10.2 Å². The summed E-state index contributed by atoms with van der Waals surface area (Å²) in [5.74, 6) is 1.71. The highest BCUT2D eigenvalue weighted by molar-refractivity contribution is 5.39. The summed E-state index contributed by atoms with van der Waals surface area (Å²) in [4.78, 5) is 2.56. The van der Waals surface area contributed by atoms with Crippen LogP contribution < -0.4 is 14.8 Å². The average Bonchev–Trinajstić information content (AvgIpc) is 2.92. The fraction of sp³-hybridized carbons (Fsp3) is 0.667. The predicted molar refractivity (Wildman–Crippen MR) is 88.7 cm³/mol. The van der Waals surface area contributed by atoms with Crippen LogP contribution >= 0.6 is 0 Å². The van der Waals surface area contributed by atoms with Gasteiger partial charge in [-0.3, -0.25) is 4.90 Å². The van der Waals surface area contributed by atoms with Gasteiger partial charge in [-0.05, 0) is 63.4 Å². The van der Waals surface area contributed by atoms with Gasteiger partial charge in [0.15, 0.2) is 11.5 Å². The van der Waals surface area contributed by atoms with Crippen LogP contribution in [0.15, 0.2) is 24.3 Å².